The minimum absolute atomic E-state index is 0.132. The zero-order valence-corrected chi connectivity index (χ0v) is 5.88. The van der Waals surface area contributed by atoms with Gasteiger partial charge in [-0.05, 0) is 12.8 Å². The Bertz CT molecular complexity index is 83.0. The summed E-state index contributed by atoms with van der Waals surface area (Å²) >= 11 is 0. The van der Waals surface area contributed by atoms with Crippen LogP contribution in [0.3, 0.4) is 0 Å². The van der Waals surface area contributed by atoms with Crippen LogP contribution in [0.15, 0.2) is 12.7 Å². The first-order chi connectivity index (χ1) is 4.22. The predicted molar refractivity (Wildman–Crippen MR) is 39.1 cm³/mol. The minimum atomic E-state index is -0.372. The van der Waals surface area contributed by atoms with E-state index < -0.39 is 0 Å². The normalized spacial score (nSPS) is 16.8. The number of nitrogens with two attached hydrogens (primary N) is 1. The molecule has 3 N–H and O–H groups in total. The van der Waals surface area contributed by atoms with Crippen molar-refractivity contribution in [1.82, 2.24) is 0 Å². The van der Waals surface area contributed by atoms with Crippen LogP contribution in [-0.4, -0.2) is 17.3 Å². The second-order valence-corrected chi connectivity index (χ2v) is 2.16. The monoisotopic (exact) mass is 129 g/mol. The lowest BCUT2D eigenvalue weighted by atomic mass is 10.1. The summed E-state index contributed by atoms with van der Waals surface area (Å²) in [6.07, 6.45) is 2.76. The predicted octanol–water partition coefficient (Wildman–Crippen LogP) is 0.661. The van der Waals surface area contributed by atoms with Crippen molar-refractivity contribution in [3.05, 3.63) is 12.7 Å². The molecule has 0 aromatic rings. The van der Waals surface area contributed by atoms with Gasteiger partial charge in [-0.15, -0.1) is 6.58 Å². The van der Waals surface area contributed by atoms with E-state index in [1.807, 2.05) is 6.92 Å². The van der Waals surface area contributed by atoms with Crippen molar-refractivity contribution in [1.29, 1.82) is 0 Å². The summed E-state index contributed by atoms with van der Waals surface area (Å²) < 4.78 is 0. The summed E-state index contributed by atoms with van der Waals surface area (Å²) in [6, 6.07) is -0.132. The summed E-state index contributed by atoms with van der Waals surface area (Å²) in [5, 5.41) is 9.08. The summed E-state index contributed by atoms with van der Waals surface area (Å²) in [6.45, 7) is 5.44. The fourth-order valence-electron chi connectivity index (χ4n) is 0.652. The minimum Gasteiger partial charge on any atom is -0.392 e. The van der Waals surface area contributed by atoms with Crippen LogP contribution in [0, 0.1) is 0 Å². The van der Waals surface area contributed by atoms with Gasteiger partial charge in [0.1, 0.15) is 0 Å². The molecule has 2 unspecified atom stereocenters. The molecule has 0 bridgehead atoms. The third-order valence-corrected chi connectivity index (χ3v) is 1.35. The molecule has 0 amide bonds. The van der Waals surface area contributed by atoms with Crippen molar-refractivity contribution in [3.8, 4) is 0 Å². The molecule has 0 heterocycles. The van der Waals surface area contributed by atoms with Crippen molar-refractivity contribution in [2.45, 2.75) is 31.9 Å². The quantitative estimate of drug-likeness (QED) is 0.548. The second kappa shape index (κ2) is 4.53. The van der Waals surface area contributed by atoms with Crippen molar-refractivity contribution in [2.24, 2.45) is 5.73 Å². The molecule has 0 spiro atoms. The number of rotatable bonds is 4. The Morgan fingerprint density at radius 1 is 1.78 bits per heavy atom. The number of hydrogen-bond acceptors (Lipinski definition) is 2. The summed E-state index contributed by atoms with van der Waals surface area (Å²) in [7, 11) is 0. The summed E-state index contributed by atoms with van der Waals surface area (Å²) in [4.78, 5) is 0. The van der Waals surface area contributed by atoms with Gasteiger partial charge < -0.3 is 10.8 Å². The van der Waals surface area contributed by atoms with Crippen LogP contribution >= 0.6 is 0 Å². The maximum absolute atomic E-state index is 9.08. The van der Waals surface area contributed by atoms with E-state index in [9.17, 15) is 0 Å². The number of hydrogen-bond donors (Lipinski definition) is 2. The second-order valence-electron chi connectivity index (χ2n) is 2.16. The molecule has 2 heteroatoms. The SMILES string of the molecule is C=CCC(N)C(O)CC. The summed E-state index contributed by atoms with van der Waals surface area (Å²) in [5.41, 5.74) is 5.52. The third-order valence-electron chi connectivity index (χ3n) is 1.35. The van der Waals surface area contributed by atoms with Crippen molar-refractivity contribution >= 4 is 0 Å². The molecule has 54 valence electrons. The molecule has 9 heavy (non-hydrogen) atoms. The van der Waals surface area contributed by atoms with Crippen molar-refractivity contribution in [3.63, 3.8) is 0 Å². The largest absolute Gasteiger partial charge is 0.392 e. The standard InChI is InChI=1S/C7H15NO/c1-3-5-6(8)7(9)4-2/h3,6-7,9H,1,4-5,8H2,2H3. The van der Waals surface area contributed by atoms with Gasteiger partial charge in [-0.2, -0.15) is 0 Å². The van der Waals surface area contributed by atoms with Gasteiger partial charge in [0.05, 0.1) is 6.10 Å². The highest BCUT2D eigenvalue weighted by Crippen LogP contribution is 1.99. The van der Waals surface area contributed by atoms with Gasteiger partial charge in [0.25, 0.3) is 0 Å². The first-order valence-corrected chi connectivity index (χ1v) is 3.26. The van der Waals surface area contributed by atoms with Crippen LogP contribution in [0.1, 0.15) is 19.8 Å². The maximum Gasteiger partial charge on any atom is 0.0691 e. The van der Waals surface area contributed by atoms with Crippen molar-refractivity contribution in [2.75, 3.05) is 0 Å². The van der Waals surface area contributed by atoms with Crippen LogP contribution in [0.25, 0.3) is 0 Å². The maximum atomic E-state index is 9.08. The smallest absolute Gasteiger partial charge is 0.0691 e. The molecule has 0 aliphatic carbocycles. The van der Waals surface area contributed by atoms with E-state index in [1.54, 1.807) is 6.08 Å². The van der Waals surface area contributed by atoms with Gasteiger partial charge in [0.15, 0.2) is 0 Å². The van der Waals surface area contributed by atoms with Crippen LogP contribution in [-0.2, 0) is 0 Å². The molecule has 2 atom stereocenters. The van der Waals surface area contributed by atoms with E-state index in [0.717, 1.165) is 6.42 Å². The van der Waals surface area contributed by atoms with Crippen LogP contribution in [0.5, 0.6) is 0 Å². The third kappa shape index (κ3) is 3.27. The molecule has 0 rings (SSSR count). The van der Waals surface area contributed by atoms with Gasteiger partial charge in [0, 0.05) is 6.04 Å². The Hall–Kier alpha value is -0.340. The van der Waals surface area contributed by atoms with Gasteiger partial charge in [-0.3, -0.25) is 0 Å². The molecule has 2 nitrogen and oxygen atoms in total. The van der Waals surface area contributed by atoms with Crippen LogP contribution in [0.4, 0.5) is 0 Å². The van der Waals surface area contributed by atoms with E-state index in [1.165, 1.54) is 0 Å². The van der Waals surface area contributed by atoms with Gasteiger partial charge >= 0.3 is 0 Å². The van der Waals surface area contributed by atoms with E-state index in [4.69, 9.17) is 10.8 Å². The molecule has 0 aromatic carbocycles. The molecule has 0 fully saturated rings. The molecule has 0 saturated heterocycles. The number of aliphatic hydroxyl groups is 1. The van der Waals surface area contributed by atoms with Crippen LogP contribution in [0.2, 0.25) is 0 Å². The first kappa shape index (κ1) is 8.66. The lowest BCUT2D eigenvalue weighted by Gasteiger charge is -2.14. The average molecular weight is 129 g/mol. The molecular weight excluding hydrogens is 114 g/mol. The van der Waals surface area contributed by atoms with E-state index in [2.05, 4.69) is 6.58 Å². The Morgan fingerprint density at radius 2 is 2.33 bits per heavy atom. The lowest BCUT2D eigenvalue weighted by Crippen LogP contribution is -2.33. The van der Waals surface area contributed by atoms with Gasteiger partial charge in [-0.1, -0.05) is 13.0 Å². The summed E-state index contributed by atoms with van der Waals surface area (Å²) in [5.74, 6) is 0. The molecule has 0 radical (unpaired) electrons. The molecule has 0 aromatic heterocycles. The number of aliphatic hydroxyl groups excluding tert-OH is 1. The zero-order chi connectivity index (χ0) is 7.28. The molecular formula is C7H15NO. The Kier molecular flexibility index (Phi) is 4.36. The fourth-order valence-corrected chi connectivity index (χ4v) is 0.652. The van der Waals surface area contributed by atoms with Gasteiger partial charge in [-0.25, -0.2) is 0 Å². The Labute approximate surface area is 56.4 Å². The highest BCUT2D eigenvalue weighted by atomic mass is 16.3. The lowest BCUT2D eigenvalue weighted by molar-refractivity contribution is 0.141. The molecule has 0 aliphatic heterocycles. The molecule has 0 saturated carbocycles. The van der Waals surface area contributed by atoms with Gasteiger partial charge in [0.2, 0.25) is 0 Å². The topological polar surface area (TPSA) is 46.2 Å². The highest BCUT2D eigenvalue weighted by molar-refractivity contribution is 4.79. The average Bonchev–Trinajstić information content (AvgIpc) is 1.87. The zero-order valence-electron chi connectivity index (χ0n) is 5.88. The van der Waals surface area contributed by atoms with E-state index in [0.29, 0.717) is 6.42 Å². The Balaban J connectivity index is 3.44. The van der Waals surface area contributed by atoms with E-state index >= 15 is 0 Å². The van der Waals surface area contributed by atoms with Crippen molar-refractivity contribution < 1.29 is 5.11 Å². The molecule has 0 aliphatic rings. The van der Waals surface area contributed by atoms with Crippen LogP contribution < -0.4 is 5.73 Å². The fraction of sp³-hybridized carbons (Fsp3) is 0.714. The highest BCUT2D eigenvalue weighted by Gasteiger charge is 2.09. The first-order valence-electron chi connectivity index (χ1n) is 3.26. The Morgan fingerprint density at radius 3 is 2.67 bits per heavy atom. The van der Waals surface area contributed by atoms with E-state index in [-0.39, 0.29) is 12.1 Å².